The Morgan fingerprint density at radius 1 is 0.301 bits per heavy atom. The van der Waals surface area contributed by atoms with Gasteiger partial charge < -0.3 is 33.8 Å². The van der Waals surface area contributed by atoms with Crippen molar-refractivity contribution in [2.24, 2.45) is 23.7 Å². The first kappa shape index (κ1) is 91.1. The molecule has 93 heavy (non-hydrogen) atoms. The van der Waals surface area contributed by atoms with Crippen molar-refractivity contribution >= 4 is 39.5 Å². The van der Waals surface area contributed by atoms with Crippen LogP contribution in [0.2, 0.25) is 0 Å². The molecule has 0 aromatic carbocycles. The third kappa shape index (κ3) is 65.8. The largest absolute Gasteiger partial charge is 0.472 e. The van der Waals surface area contributed by atoms with Gasteiger partial charge in [0.25, 0.3) is 0 Å². The molecule has 0 amide bonds. The lowest BCUT2D eigenvalue weighted by Gasteiger charge is -2.21. The smallest absolute Gasteiger partial charge is 0.462 e. The van der Waals surface area contributed by atoms with Crippen molar-refractivity contribution in [3.05, 3.63) is 0 Å². The lowest BCUT2D eigenvalue weighted by Crippen LogP contribution is -2.30. The molecule has 0 radical (unpaired) electrons. The summed E-state index contributed by atoms with van der Waals surface area (Å²) >= 11 is 0. The van der Waals surface area contributed by atoms with Crippen LogP contribution < -0.4 is 0 Å². The number of aliphatic hydroxyl groups excluding tert-OH is 1. The minimum absolute atomic E-state index is 0.103. The average Bonchev–Trinajstić information content (AvgIpc) is 3.34. The molecule has 3 N–H and O–H groups in total. The quantitative estimate of drug-likeness (QED) is 0.0222. The lowest BCUT2D eigenvalue weighted by atomic mass is 9.99. The summed E-state index contributed by atoms with van der Waals surface area (Å²) in [5.41, 5.74) is 0. The number of carbonyl (C=O) groups excluding carboxylic acids is 4. The zero-order valence-electron chi connectivity index (χ0n) is 60.9. The summed E-state index contributed by atoms with van der Waals surface area (Å²) in [5, 5.41) is 10.6. The molecular weight excluding hydrogens is 1220 g/mol. The molecule has 5 unspecified atom stereocenters. The number of carbonyl (C=O) groups is 4. The van der Waals surface area contributed by atoms with Gasteiger partial charge in [-0.25, -0.2) is 9.13 Å². The van der Waals surface area contributed by atoms with Crippen LogP contribution >= 0.6 is 15.6 Å². The van der Waals surface area contributed by atoms with Gasteiger partial charge in [-0.3, -0.25) is 37.3 Å². The van der Waals surface area contributed by atoms with E-state index in [0.717, 1.165) is 114 Å². The van der Waals surface area contributed by atoms with Crippen LogP contribution in [-0.2, 0) is 65.4 Å². The molecule has 7 atom stereocenters. The first-order valence-corrected chi connectivity index (χ1v) is 41.3. The third-order valence-corrected chi connectivity index (χ3v) is 19.7. The van der Waals surface area contributed by atoms with Crippen LogP contribution in [0.15, 0.2) is 0 Å². The highest BCUT2D eigenvalue weighted by atomic mass is 31.2. The Morgan fingerprint density at radius 3 is 0.763 bits per heavy atom. The van der Waals surface area contributed by atoms with Gasteiger partial charge in [0.2, 0.25) is 0 Å². The zero-order chi connectivity index (χ0) is 68.9. The van der Waals surface area contributed by atoms with Gasteiger partial charge in [0.1, 0.15) is 19.3 Å². The second kappa shape index (κ2) is 63.5. The topological polar surface area (TPSA) is 237 Å². The van der Waals surface area contributed by atoms with Crippen LogP contribution in [0.5, 0.6) is 0 Å². The first-order chi connectivity index (χ1) is 44.7. The Kier molecular flexibility index (Phi) is 62.2. The number of rotatable bonds is 71. The van der Waals surface area contributed by atoms with Gasteiger partial charge in [0.15, 0.2) is 12.2 Å². The van der Waals surface area contributed by atoms with Crippen LogP contribution in [0.3, 0.4) is 0 Å². The van der Waals surface area contributed by atoms with E-state index in [1.54, 1.807) is 0 Å². The van der Waals surface area contributed by atoms with Crippen LogP contribution in [0.25, 0.3) is 0 Å². The monoisotopic (exact) mass is 1370 g/mol. The van der Waals surface area contributed by atoms with E-state index in [-0.39, 0.29) is 25.7 Å². The summed E-state index contributed by atoms with van der Waals surface area (Å²) in [6, 6.07) is 0. The molecule has 0 rings (SSSR count). The first-order valence-electron chi connectivity index (χ1n) is 38.3. The van der Waals surface area contributed by atoms with Crippen LogP contribution in [0, 0.1) is 23.7 Å². The summed E-state index contributed by atoms with van der Waals surface area (Å²) in [6.07, 6.45) is 47.3. The van der Waals surface area contributed by atoms with Crippen molar-refractivity contribution in [3.63, 3.8) is 0 Å². The van der Waals surface area contributed by atoms with Gasteiger partial charge in [-0.05, 0) is 49.4 Å². The number of phosphoric ester groups is 2. The molecule has 0 aliphatic heterocycles. The van der Waals surface area contributed by atoms with E-state index in [0.29, 0.717) is 31.6 Å². The van der Waals surface area contributed by atoms with E-state index in [4.69, 9.17) is 37.0 Å². The van der Waals surface area contributed by atoms with Crippen molar-refractivity contribution < 1.29 is 80.2 Å². The van der Waals surface area contributed by atoms with Gasteiger partial charge in [-0.15, -0.1) is 0 Å². The molecule has 552 valence electrons. The molecule has 0 saturated carbocycles. The van der Waals surface area contributed by atoms with E-state index >= 15 is 0 Å². The highest BCUT2D eigenvalue weighted by Crippen LogP contribution is 2.45. The van der Waals surface area contributed by atoms with Crippen LogP contribution in [0.1, 0.15) is 370 Å². The maximum Gasteiger partial charge on any atom is 0.472 e. The van der Waals surface area contributed by atoms with Crippen molar-refractivity contribution in [2.45, 2.75) is 388 Å². The van der Waals surface area contributed by atoms with Crippen LogP contribution in [0.4, 0.5) is 0 Å². The molecule has 0 saturated heterocycles. The number of aliphatic hydroxyl groups is 1. The van der Waals surface area contributed by atoms with E-state index in [1.165, 1.54) is 167 Å². The normalized spacial score (nSPS) is 14.8. The second-order valence-electron chi connectivity index (χ2n) is 28.1. The van der Waals surface area contributed by atoms with Crippen molar-refractivity contribution in [3.8, 4) is 0 Å². The number of hydrogen-bond acceptors (Lipinski definition) is 15. The van der Waals surface area contributed by atoms with E-state index < -0.39 is 97.5 Å². The minimum atomic E-state index is -4.95. The molecule has 17 nitrogen and oxygen atoms in total. The Hall–Kier alpha value is -1.94. The number of unbranched alkanes of at least 4 members (excludes halogenated alkanes) is 35. The summed E-state index contributed by atoms with van der Waals surface area (Å²) in [6.45, 7) is 14.1. The van der Waals surface area contributed by atoms with E-state index in [2.05, 4.69) is 55.4 Å². The Bertz CT molecular complexity index is 1840. The van der Waals surface area contributed by atoms with E-state index in [1.807, 2.05) is 0 Å². The summed E-state index contributed by atoms with van der Waals surface area (Å²) in [7, 11) is -9.91. The molecule has 0 aliphatic rings. The van der Waals surface area contributed by atoms with Gasteiger partial charge in [-0.2, -0.15) is 0 Å². The predicted molar refractivity (Wildman–Crippen MR) is 377 cm³/mol. The van der Waals surface area contributed by atoms with E-state index in [9.17, 15) is 43.2 Å². The van der Waals surface area contributed by atoms with Gasteiger partial charge in [0, 0.05) is 25.7 Å². The zero-order valence-corrected chi connectivity index (χ0v) is 62.7. The second-order valence-corrected chi connectivity index (χ2v) is 31.0. The van der Waals surface area contributed by atoms with Crippen molar-refractivity contribution in [1.82, 2.24) is 0 Å². The summed E-state index contributed by atoms with van der Waals surface area (Å²) in [4.78, 5) is 72.7. The van der Waals surface area contributed by atoms with Crippen LogP contribution in [-0.4, -0.2) is 96.7 Å². The Balaban J connectivity index is 5.21. The molecule has 0 heterocycles. The number of ether oxygens (including phenoxy) is 4. The fraction of sp³-hybridized carbons (Fsp3) is 0.946. The molecule has 0 bridgehead atoms. The predicted octanol–water partition coefficient (Wildman–Crippen LogP) is 21.3. The molecule has 0 aliphatic carbocycles. The summed E-state index contributed by atoms with van der Waals surface area (Å²) < 4.78 is 68.4. The molecule has 0 aromatic heterocycles. The third-order valence-electron chi connectivity index (χ3n) is 17.8. The molecule has 19 heteroatoms. The van der Waals surface area contributed by atoms with Gasteiger partial charge >= 0.3 is 39.5 Å². The standard InChI is InChI=1S/C74H144O17P2/c1-9-66(7)52-44-36-28-22-18-13-11-12-14-20-24-30-40-48-56-73(78)90-69(60-85-72(77)55-47-39-31-25-27-35-43-51-65(5)6)62-88-92(80,81)86-58-68(75)59-87-93(82,83)89-63-70(91-74(79)57-49-41-33-32-37-45-53-67(8)10-2)61-84-71(76)54-46-38-29-23-19-16-15-17-21-26-34-42-50-64(3)4/h64-70,75H,9-63H2,1-8H3,(H,80,81)(H,82,83)/t66?,67?,68?,69-,70-/m1/s1. The van der Waals surface area contributed by atoms with Gasteiger partial charge in [-0.1, -0.05) is 319 Å². The number of hydrogen-bond donors (Lipinski definition) is 3. The minimum Gasteiger partial charge on any atom is -0.462 e. The molecular formula is C74H144O17P2. The van der Waals surface area contributed by atoms with Crippen molar-refractivity contribution in [1.29, 1.82) is 0 Å². The summed E-state index contributed by atoms with van der Waals surface area (Å²) in [5.74, 6) is 0.926. The molecule has 0 fully saturated rings. The lowest BCUT2D eigenvalue weighted by molar-refractivity contribution is -0.161. The fourth-order valence-corrected chi connectivity index (χ4v) is 12.7. The highest BCUT2D eigenvalue weighted by Gasteiger charge is 2.30. The SMILES string of the molecule is CCC(C)CCCCCCCCCCCCCCCCC(=O)O[C@H](COC(=O)CCCCCCCCCC(C)C)COP(=O)(O)OCC(O)COP(=O)(O)OC[C@@H](COC(=O)CCCCCCCCCCCCCCC(C)C)OC(=O)CCCCCCCCC(C)CC. The number of phosphoric acid groups is 2. The van der Waals surface area contributed by atoms with Gasteiger partial charge in [0.05, 0.1) is 26.4 Å². The molecule has 0 aromatic rings. The highest BCUT2D eigenvalue weighted by molar-refractivity contribution is 7.47. The number of esters is 4. The maximum absolute atomic E-state index is 13.0. The fourth-order valence-electron chi connectivity index (χ4n) is 11.1. The van der Waals surface area contributed by atoms with Crippen molar-refractivity contribution in [2.75, 3.05) is 39.6 Å². The maximum atomic E-state index is 13.0. The average molecular weight is 1370 g/mol. The Labute approximate surface area is 568 Å². The molecule has 0 spiro atoms. The Morgan fingerprint density at radius 2 is 0.516 bits per heavy atom.